The Morgan fingerprint density at radius 2 is 2.20 bits per heavy atom. The van der Waals surface area contributed by atoms with E-state index in [4.69, 9.17) is 15.4 Å². The van der Waals surface area contributed by atoms with Crippen LogP contribution in [0.25, 0.3) is 0 Å². The summed E-state index contributed by atoms with van der Waals surface area (Å²) in [6, 6.07) is 7.01. The molecule has 0 unspecified atom stereocenters. The first-order chi connectivity index (χ1) is 9.31. The van der Waals surface area contributed by atoms with Crippen LogP contribution >= 0.6 is 0 Å². The molecular formula is C14H16N4O2. The summed E-state index contributed by atoms with van der Waals surface area (Å²) in [7, 11) is 0. The summed E-state index contributed by atoms with van der Waals surface area (Å²) in [6.45, 7) is 5.49. The number of nitrogens with zero attached hydrogens (tertiary/aromatic N) is 2. The van der Waals surface area contributed by atoms with Crippen molar-refractivity contribution in [1.29, 1.82) is 10.7 Å². The number of anilines is 1. The second-order valence-electron chi connectivity index (χ2n) is 5.46. The van der Waals surface area contributed by atoms with Crippen LogP contribution in [0.5, 0.6) is 0 Å². The molecular weight excluding hydrogens is 256 g/mol. The number of ether oxygens (including phenoxy) is 1. The zero-order valence-corrected chi connectivity index (χ0v) is 11.7. The van der Waals surface area contributed by atoms with Crippen molar-refractivity contribution >= 4 is 17.6 Å². The van der Waals surface area contributed by atoms with Crippen LogP contribution in [0.3, 0.4) is 0 Å². The second-order valence-corrected chi connectivity index (χ2v) is 5.46. The number of nitrogens with one attached hydrogen (secondary N) is 2. The molecule has 6 nitrogen and oxygen atoms in total. The fourth-order valence-corrected chi connectivity index (χ4v) is 1.83. The predicted molar refractivity (Wildman–Crippen MR) is 74.5 cm³/mol. The first-order valence-corrected chi connectivity index (χ1v) is 6.19. The van der Waals surface area contributed by atoms with Crippen LogP contribution in [-0.4, -0.2) is 29.1 Å². The van der Waals surface area contributed by atoms with Crippen molar-refractivity contribution in [3.8, 4) is 6.07 Å². The molecule has 0 aromatic heterocycles. The lowest BCUT2D eigenvalue weighted by molar-refractivity contribution is 0.0376. The van der Waals surface area contributed by atoms with Gasteiger partial charge in [0.25, 0.3) is 0 Å². The summed E-state index contributed by atoms with van der Waals surface area (Å²) in [6.07, 6.45) is -0.581. The summed E-state index contributed by atoms with van der Waals surface area (Å²) >= 11 is 0. The Labute approximate surface area is 117 Å². The third-order valence-electron chi connectivity index (χ3n) is 2.72. The van der Waals surface area contributed by atoms with Crippen molar-refractivity contribution in [3.63, 3.8) is 0 Å². The first-order valence-electron chi connectivity index (χ1n) is 6.19. The van der Waals surface area contributed by atoms with Crippen LogP contribution in [0.1, 0.15) is 31.9 Å². The van der Waals surface area contributed by atoms with E-state index >= 15 is 0 Å². The summed E-state index contributed by atoms with van der Waals surface area (Å²) < 4.78 is 5.26. The van der Waals surface area contributed by atoms with E-state index in [9.17, 15) is 4.79 Å². The Kier molecular flexibility index (Phi) is 3.36. The van der Waals surface area contributed by atoms with Gasteiger partial charge in [0, 0.05) is 11.3 Å². The van der Waals surface area contributed by atoms with Crippen molar-refractivity contribution in [2.24, 2.45) is 0 Å². The summed E-state index contributed by atoms with van der Waals surface area (Å²) in [5.41, 5.74) is 1.07. The minimum atomic E-state index is -0.619. The van der Waals surface area contributed by atoms with E-state index in [-0.39, 0.29) is 12.5 Å². The van der Waals surface area contributed by atoms with Crippen molar-refractivity contribution in [2.45, 2.75) is 26.4 Å². The Morgan fingerprint density at radius 1 is 1.50 bits per heavy atom. The van der Waals surface area contributed by atoms with E-state index in [0.717, 1.165) is 5.69 Å². The van der Waals surface area contributed by atoms with Gasteiger partial charge in [-0.25, -0.2) is 9.69 Å². The number of carbonyl (C=O) groups excluding carboxylic acids is 1. The van der Waals surface area contributed by atoms with E-state index < -0.39 is 11.7 Å². The first kappa shape index (κ1) is 13.9. The van der Waals surface area contributed by atoms with Gasteiger partial charge < -0.3 is 10.1 Å². The van der Waals surface area contributed by atoms with Gasteiger partial charge in [0.2, 0.25) is 0 Å². The van der Waals surface area contributed by atoms with Crippen molar-refractivity contribution in [3.05, 3.63) is 29.3 Å². The highest BCUT2D eigenvalue weighted by Gasteiger charge is 2.29. The largest absolute Gasteiger partial charge is 0.443 e. The number of amidine groups is 1. The molecule has 1 aliphatic rings. The molecule has 0 aliphatic carbocycles. The van der Waals surface area contributed by atoms with Crippen LogP contribution in [0.2, 0.25) is 0 Å². The standard InChI is InChI=1S/C14H16N4O2/c1-14(2,3)20-13(19)18-8-17-11-5-4-9(7-15)6-10(11)12(18)16/h4-6,16-17H,8H2,1-3H3. The Morgan fingerprint density at radius 3 is 2.80 bits per heavy atom. The topological polar surface area (TPSA) is 89.2 Å². The lowest BCUT2D eigenvalue weighted by Crippen LogP contribution is -2.46. The predicted octanol–water partition coefficient (Wildman–Crippen LogP) is 2.50. The number of hydrogen-bond acceptors (Lipinski definition) is 5. The lowest BCUT2D eigenvalue weighted by Gasteiger charge is -2.32. The number of rotatable bonds is 0. The quantitative estimate of drug-likeness (QED) is 0.759. The molecule has 1 heterocycles. The minimum absolute atomic E-state index is 0.0325. The fourth-order valence-electron chi connectivity index (χ4n) is 1.83. The number of nitriles is 1. The summed E-state index contributed by atoms with van der Waals surface area (Å²) in [4.78, 5) is 13.2. The van der Waals surface area contributed by atoms with Gasteiger partial charge in [-0.2, -0.15) is 5.26 Å². The molecule has 0 radical (unpaired) electrons. The molecule has 2 rings (SSSR count). The molecule has 20 heavy (non-hydrogen) atoms. The number of amides is 1. The monoisotopic (exact) mass is 272 g/mol. The van der Waals surface area contributed by atoms with Crippen LogP contribution < -0.4 is 5.32 Å². The minimum Gasteiger partial charge on any atom is -0.443 e. The number of fused-ring (bicyclic) bond motifs is 1. The van der Waals surface area contributed by atoms with Crippen LogP contribution in [0.4, 0.5) is 10.5 Å². The molecule has 104 valence electrons. The molecule has 1 aromatic rings. The van der Waals surface area contributed by atoms with Gasteiger partial charge in [-0.05, 0) is 39.0 Å². The van der Waals surface area contributed by atoms with E-state index in [1.54, 1.807) is 39.0 Å². The second kappa shape index (κ2) is 4.85. The molecule has 6 heteroatoms. The third kappa shape index (κ3) is 2.72. The van der Waals surface area contributed by atoms with Gasteiger partial charge >= 0.3 is 6.09 Å². The molecule has 0 fully saturated rings. The molecule has 0 bridgehead atoms. The average molecular weight is 272 g/mol. The van der Waals surface area contributed by atoms with Gasteiger partial charge in [-0.15, -0.1) is 0 Å². The van der Waals surface area contributed by atoms with Crippen molar-refractivity contribution in [2.75, 3.05) is 12.0 Å². The van der Waals surface area contributed by atoms with E-state index in [0.29, 0.717) is 11.1 Å². The van der Waals surface area contributed by atoms with E-state index in [1.807, 2.05) is 6.07 Å². The number of hydrogen-bond donors (Lipinski definition) is 2. The summed E-state index contributed by atoms with van der Waals surface area (Å²) in [5, 5.41) is 20.1. The zero-order valence-electron chi connectivity index (χ0n) is 11.7. The molecule has 0 atom stereocenters. The highest BCUT2D eigenvalue weighted by Crippen LogP contribution is 2.24. The highest BCUT2D eigenvalue weighted by molar-refractivity contribution is 6.09. The van der Waals surface area contributed by atoms with Crippen molar-refractivity contribution < 1.29 is 9.53 Å². The average Bonchev–Trinajstić information content (AvgIpc) is 2.36. The molecule has 2 N–H and O–H groups in total. The fraction of sp³-hybridized carbons (Fsp3) is 0.357. The Bertz CT molecular complexity index is 611. The Balaban J connectivity index is 2.27. The Hall–Kier alpha value is -2.55. The maximum Gasteiger partial charge on any atom is 0.417 e. The van der Waals surface area contributed by atoms with E-state index in [2.05, 4.69) is 5.32 Å². The van der Waals surface area contributed by atoms with Crippen LogP contribution in [0.15, 0.2) is 18.2 Å². The molecule has 1 aromatic carbocycles. The third-order valence-corrected chi connectivity index (χ3v) is 2.72. The van der Waals surface area contributed by atoms with Gasteiger partial charge in [-0.3, -0.25) is 5.41 Å². The molecule has 0 spiro atoms. The highest BCUT2D eigenvalue weighted by atomic mass is 16.6. The lowest BCUT2D eigenvalue weighted by atomic mass is 10.1. The smallest absolute Gasteiger partial charge is 0.417 e. The SMILES string of the molecule is CC(C)(C)OC(=O)N1CNc2ccc(C#N)cc2C1=N. The normalized spacial score (nSPS) is 14.1. The number of benzene rings is 1. The van der Waals surface area contributed by atoms with Gasteiger partial charge in [0.15, 0.2) is 0 Å². The van der Waals surface area contributed by atoms with Crippen molar-refractivity contribution in [1.82, 2.24) is 4.90 Å². The van der Waals surface area contributed by atoms with Gasteiger partial charge in [0.1, 0.15) is 18.1 Å². The van der Waals surface area contributed by atoms with E-state index in [1.165, 1.54) is 4.90 Å². The molecule has 1 aliphatic heterocycles. The maximum absolute atomic E-state index is 12.0. The zero-order chi connectivity index (χ0) is 14.9. The molecule has 0 saturated heterocycles. The van der Waals surface area contributed by atoms with Gasteiger partial charge in [-0.1, -0.05) is 0 Å². The van der Waals surface area contributed by atoms with Crippen LogP contribution in [0, 0.1) is 16.7 Å². The maximum atomic E-state index is 12.0. The molecule has 1 amide bonds. The molecule has 0 saturated carbocycles. The summed E-state index contributed by atoms with van der Waals surface area (Å²) in [5.74, 6) is 0.0325. The van der Waals surface area contributed by atoms with Gasteiger partial charge in [0.05, 0.1) is 11.6 Å². The number of carbonyl (C=O) groups is 1. The van der Waals surface area contributed by atoms with Crippen LogP contribution in [-0.2, 0) is 4.74 Å².